The van der Waals surface area contributed by atoms with Gasteiger partial charge in [-0.25, -0.2) is 0 Å². The van der Waals surface area contributed by atoms with E-state index in [0.29, 0.717) is 0 Å². The van der Waals surface area contributed by atoms with Crippen molar-refractivity contribution >= 4 is 0 Å². The van der Waals surface area contributed by atoms with Crippen molar-refractivity contribution in [3.05, 3.63) is 12.3 Å². The van der Waals surface area contributed by atoms with Gasteiger partial charge in [0.05, 0.1) is 19.5 Å². The Morgan fingerprint density at radius 3 is 1.81 bits per heavy atom. The van der Waals surface area contributed by atoms with Gasteiger partial charge in [0.25, 0.3) is 0 Å². The van der Waals surface area contributed by atoms with Crippen LogP contribution in [0.15, 0.2) is 12.3 Å². The first-order valence-electron chi connectivity index (χ1n) is 13.1. The van der Waals surface area contributed by atoms with Gasteiger partial charge in [-0.3, -0.25) is 0 Å². The van der Waals surface area contributed by atoms with Gasteiger partial charge in [-0.15, -0.1) is 0 Å². The van der Waals surface area contributed by atoms with Crippen LogP contribution >= 0.6 is 0 Å². The molecule has 184 valence electrons. The molecule has 3 N–H and O–H groups in total. The largest absolute Gasteiger partial charge is 0.493 e. The van der Waals surface area contributed by atoms with E-state index in [-0.39, 0.29) is 6.61 Å². The summed E-state index contributed by atoms with van der Waals surface area (Å²) in [5, 5.41) is 28.6. The summed E-state index contributed by atoms with van der Waals surface area (Å²) in [6, 6.07) is 0. The highest BCUT2D eigenvalue weighted by molar-refractivity contribution is 4.91. The molecule has 0 unspecified atom stereocenters. The molecule has 5 nitrogen and oxygen atoms in total. The Bertz CT molecular complexity index is 415. The third kappa shape index (κ3) is 14.2. The highest BCUT2D eigenvalue weighted by Gasteiger charge is 2.41. The molecule has 1 heterocycles. The van der Waals surface area contributed by atoms with Crippen molar-refractivity contribution < 1.29 is 24.8 Å². The summed E-state index contributed by atoms with van der Waals surface area (Å²) < 4.78 is 10.9. The first-order chi connectivity index (χ1) is 15.2. The number of hydrogen-bond acceptors (Lipinski definition) is 5. The first kappa shape index (κ1) is 28.4. The highest BCUT2D eigenvalue weighted by atomic mass is 16.6. The molecule has 1 aliphatic heterocycles. The predicted octanol–water partition coefficient (Wildman–Crippen LogP) is 5.65. The zero-order valence-corrected chi connectivity index (χ0v) is 20.1. The zero-order chi connectivity index (χ0) is 22.6. The van der Waals surface area contributed by atoms with Gasteiger partial charge >= 0.3 is 0 Å². The van der Waals surface area contributed by atoms with Gasteiger partial charge in [0.2, 0.25) is 0 Å². The fourth-order valence-corrected chi connectivity index (χ4v) is 4.24. The monoisotopic (exact) mass is 442 g/mol. The van der Waals surface area contributed by atoms with Crippen molar-refractivity contribution in [1.29, 1.82) is 0 Å². The highest BCUT2D eigenvalue weighted by Crippen LogP contribution is 2.21. The first-order valence-corrected chi connectivity index (χ1v) is 13.1. The van der Waals surface area contributed by atoms with E-state index >= 15 is 0 Å². The second-order valence-corrected chi connectivity index (χ2v) is 9.18. The molecular weight excluding hydrogens is 392 g/mol. The maximum absolute atomic E-state index is 9.88. The Balaban J connectivity index is 1.84. The van der Waals surface area contributed by atoms with Crippen LogP contribution in [0.1, 0.15) is 116 Å². The topological polar surface area (TPSA) is 79.2 Å². The fraction of sp³-hybridized carbons (Fsp3) is 0.923. The molecule has 1 aliphatic rings. The van der Waals surface area contributed by atoms with Gasteiger partial charge in [0, 0.05) is 0 Å². The standard InChI is InChI=1S/C26H50O5/c1-2-3-4-5-6-7-8-9-10-11-12-13-14-15-16-17-18-19-20-30-26-24(29)22-31-25(26)23(28)21-27/h19-20,23-29H,2-18,21-22H2,1H3/b20-19+/t23-,24+,25+,26+/m1/s1. The van der Waals surface area contributed by atoms with Crippen LogP contribution in [0.3, 0.4) is 0 Å². The maximum atomic E-state index is 9.88. The lowest BCUT2D eigenvalue weighted by atomic mass is 10.0. The third-order valence-electron chi connectivity index (χ3n) is 6.29. The second kappa shape index (κ2) is 20.0. The number of allylic oxidation sites excluding steroid dienone is 1. The molecule has 5 heteroatoms. The summed E-state index contributed by atoms with van der Waals surface area (Å²) in [4.78, 5) is 0. The average Bonchev–Trinajstić information content (AvgIpc) is 3.15. The molecule has 0 aliphatic carbocycles. The van der Waals surface area contributed by atoms with Crippen LogP contribution in [0.2, 0.25) is 0 Å². The number of unbranched alkanes of at least 4 members (excludes halogenated alkanes) is 16. The van der Waals surface area contributed by atoms with Gasteiger partial charge in [0.15, 0.2) is 6.10 Å². The van der Waals surface area contributed by atoms with Gasteiger partial charge in [-0.1, -0.05) is 103 Å². The number of aliphatic hydroxyl groups excluding tert-OH is 3. The Hall–Kier alpha value is -0.620. The summed E-state index contributed by atoms with van der Waals surface area (Å²) in [7, 11) is 0. The van der Waals surface area contributed by atoms with E-state index in [2.05, 4.69) is 6.92 Å². The van der Waals surface area contributed by atoms with E-state index in [0.717, 1.165) is 12.8 Å². The SMILES string of the molecule is CCCCCCCCCCCCCCCCCC/C=C/O[C@@H]1[C@H]([C@H](O)CO)OC[C@@H]1O. The molecule has 0 aromatic rings. The van der Waals surface area contributed by atoms with Crippen LogP contribution in [-0.4, -0.2) is 52.9 Å². The summed E-state index contributed by atoms with van der Waals surface area (Å²) in [6.07, 6.45) is 23.3. The number of rotatable bonds is 21. The summed E-state index contributed by atoms with van der Waals surface area (Å²) >= 11 is 0. The maximum Gasteiger partial charge on any atom is 0.154 e. The molecule has 1 fully saturated rings. The molecular formula is C26H50O5. The minimum atomic E-state index is -1.03. The summed E-state index contributed by atoms with van der Waals surface area (Å²) in [5.74, 6) is 0. The van der Waals surface area contributed by atoms with E-state index in [1.54, 1.807) is 6.26 Å². The van der Waals surface area contributed by atoms with Crippen LogP contribution in [0, 0.1) is 0 Å². The third-order valence-corrected chi connectivity index (χ3v) is 6.29. The van der Waals surface area contributed by atoms with E-state index < -0.39 is 31.0 Å². The van der Waals surface area contributed by atoms with Crippen LogP contribution in [0.5, 0.6) is 0 Å². The lowest BCUT2D eigenvalue weighted by molar-refractivity contribution is -0.0721. The smallest absolute Gasteiger partial charge is 0.154 e. The van der Waals surface area contributed by atoms with Crippen molar-refractivity contribution in [3.63, 3.8) is 0 Å². The van der Waals surface area contributed by atoms with Gasteiger partial charge in [-0.05, 0) is 18.9 Å². The van der Waals surface area contributed by atoms with Gasteiger partial charge in [-0.2, -0.15) is 0 Å². The van der Waals surface area contributed by atoms with Crippen molar-refractivity contribution in [3.8, 4) is 0 Å². The Morgan fingerprint density at radius 1 is 0.839 bits per heavy atom. The molecule has 0 spiro atoms. The number of aliphatic hydroxyl groups is 3. The molecule has 1 saturated heterocycles. The van der Waals surface area contributed by atoms with E-state index in [4.69, 9.17) is 14.6 Å². The molecule has 1 rings (SSSR count). The molecule has 0 radical (unpaired) electrons. The lowest BCUT2D eigenvalue weighted by Gasteiger charge is -2.22. The van der Waals surface area contributed by atoms with Crippen LogP contribution in [0.4, 0.5) is 0 Å². The van der Waals surface area contributed by atoms with Crippen LogP contribution in [0.25, 0.3) is 0 Å². The molecule has 4 atom stereocenters. The van der Waals surface area contributed by atoms with E-state index in [1.807, 2.05) is 6.08 Å². The normalized spacial score (nSPS) is 22.4. The number of hydrogen-bond donors (Lipinski definition) is 3. The molecule has 0 saturated carbocycles. The molecule has 0 aromatic heterocycles. The van der Waals surface area contributed by atoms with Gasteiger partial charge < -0.3 is 24.8 Å². The van der Waals surface area contributed by atoms with E-state index in [1.165, 1.54) is 96.3 Å². The van der Waals surface area contributed by atoms with Crippen LogP contribution in [-0.2, 0) is 9.47 Å². The van der Waals surface area contributed by atoms with Crippen molar-refractivity contribution in [2.24, 2.45) is 0 Å². The molecule has 31 heavy (non-hydrogen) atoms. The zero-order valence-electron chi connectivity index (χ0n) is 20.1. The quantitative estimate of drug-likeness (QED) is 0.158. The van der Waals surface area contributed by atoms with E-state index in [9.17, 15) is 10.2 Å². The Kier molecular flexibility index (Phi) is 18.3. The minimum Gasteiger partial charge on any atom is -0.493 e. The Morgan fingerprint density at radius 2 is 1.32 bits per heavy atom. The van der Waals surface area contributed by atoms with Crippen LogP contribution < -0.4 is 0 Å². The number of ether oxygens (including phenoxy) is 2. The molecule has 0 bridgehead atoms. The van der Waals surface area contributed by atoms with Gasteiger partial charge in [0.1, 0.15) is 18.3 Å². The van der Waals surface area contributed by atoms with Crippen molar-refractivity contribution in [1.82, 2.24) is 0 Å². The average molecular weight is 443 g/mol. The summed E-state index contributed by atoms with van der Waals surface area (Å²) in [6.45, 7) is 2.00. The van der Waals surface area contributed by atoms with Crippen molar-refractivity contribution in [2.45, 2.75) is 140 Å². The minimum absolute atomic E-state index is 0.124. The molecule has 0 aromatic carbocycles. The lowest BCUT2D eigenvalue weighted by Crippen LogP contribution is -2.41. The second-order valence-electron chi connectivity index (χ2n) is 9.18. The fourth-order valence-electron chi connectivity index (χ4n) is 4.24. The predicted molar refractivity (Wildman–Crippen MR) is 127 cm³/mol. The van der Waals surface area contributed by atoms with Crippen molar-refractivity contribution in [2.75, 3.05) is 13.2 Å². The Labute approximate surface area is 191 Å². The molecule has 0 amide bonds. The summed E-state index contributed by atoms with van der Waals surface area (Å²) in [5.41, 5.74) is 0.